The maximum Gasteiger partial charge on any atom is 0.169 e. The van der Waals surface area contributed by atoms with E-state index in [0.29, 0.717) is 38.9 Å². The van der Waals surface area contributed by atoms with Gasteiger partial charge in [0, 0.05) is 42.2 Å². The summed E-state index contributed by atoms with van der Waals surface area (Å²) in [5.74, 6) is 0.472. The highest BCUT2D eigenvalue weighted by molar-refractivity contribution is 6.34. The van der Waals surface area contributed by atoms with Crippen LogP contribution in [0, 0.1) is 5.82 Å². The van der Waals surface area contributed by atoms with E-state index in [1.165, 1.54) is 6.07 Å². The van der Waals surface area contributed by atoms with Crippen molar-refractivity contribution in [1.29, 1.82) is 0 Å². The van der Waals surface area contributed by atoms with Crippen LogP contribution < -0.4 is 10.2 Å². The van der Waals surface area contributed by atoms with Crippen molar-refractivity contribution in [3.05, 3.63) is 76.7 Å². The van der Waals surface area contributed by atoms with Gasteiger partial charge in [-0.25, -0.2) is 14.4 Å². The third-order valence-electron chi connectivity index (χ3n) is 6.80. The summed E-state index contributed by atoms with van der Waals surface area (Å²) >= 11 is 6.75. The van der Waals surface area contributed by atoms with E-state index < -0.39 is 5.82 Å². The number of aromatic nitrogens is 2. The quantitative estimate of drug-likeness (QED) is 0.316. The van der Waals surface area contributed by atoms with Crippen molar-refractivity contribution in [2.24, 2.45) is 0 Å². The molecule has 1 aliphatic heterocycles. The molecule has 1 aliphatic rings. The average Bonchev–Trinajstić information content (AvgIpc) is 2.88. The summed E-state index contributed by atoms with van der Waals surface area (Å²) in [6.07, 6.45) is 0.793. The summed E-state index contributed by atoms with van der Waals surface area (Å²) in [7, 11) is 0. The Morgan fingerprint density at radius 2 is 1.83 bits per heavy atom. The SMILES string of the molecule is CC(C)c1ccccc1-c1c(C=O)nc(N2CCNCC2C)c2cc(Cl)c(-c3ccccc3F)nc12. The molecule has 5 nitrogen and oxygen atoms in total. The Balaban J connectivity index is 1.90. The molecule has 4 aromatic rings. The molecular weight excluding hydrogens is 475 g/mol. The Morgan fingerprint density at radius 3 is 2.53 bits per heavy atom. The normalized spacial score (nSPS) is 16.1. The zero-order valence-corrected chi connectivity index (χ0v) is 21.3. The molecule has 5 rings (SSSR count). The van der Waals surface area contributed by atoms with Gasteiger partial charge in [0.1, 0.15) is 17.3 Å². The number of carbonyl (C=O) groups is 1. The van der Waals surface area contributed by atoms with Crippen LogP contribution in [-0.4, -0.2) is 41.9 Å². The maximum absolute atomic E-state index is 14.8. The van der Waals surface area contributed by atoms with Gasteiger partial charge in [-0.05, 0) is 42.2 Å². The summed E-state index contributed by atoms with van der Waals surface area (Å²) in [4.78, 5) is 24.5. The smallest absolute Gasteiger partial charge is 0.169 e. The van der Waals surface area contributed by atoms with Gasteiger partial charge in [0.15, 0.2) is 6.29 Å². The first-order valence-corrected chi connectivity index (χ1v) is 12.6. The third kappa shape index (κ3) is 4.25. The lowest BCUT2D eigenvalue weighted by molar-refractivity contribution is 0.112. The molecule has 2 aromatic carbocycles. The molecule has 7 heteroatoms. The number of fused-ring (bicyclic) bond motifs is 1. The summed E-state index contributed by atoms with van der Waals surface area (Å²) in [6.45, 7) is 8.67. The van der Waals surface area contributed by atoms with Crippen molar-refractivity contribution < 1.29 is 9.18 Å². The highest BCUT2D eigenvalue weighted by Gasteiger charge is 2.27. The molecule has 184 valence electrons. The fourth-order valence-electron chi connectivity index (χ4n) is 5.00. The molecule has 1 atom stereocenters. The van der Waals surface area contributed by atoms with E-state index in [1.54, 1.807) is 18.2 Å². The molecule has 0 aliphatic carbocycles. The predicted molar refractivity (Wildman–Crippen MR) is 145 cm³/mol. The molecule has 0 saturated carbocycles. The number of hydrogen-bond acceptors (Lipinski definition) is 5. The summed E-state index contributed by atoms with van der Waals surface area (Å²) in [6, 6.07) is 16.4. The number of piperazine rings is 1. The number of halogens is 2. The number of aldehydes is 1. The minimum absolute atomic E-state index is 0.160. The molecular formula is C29H28ClFN4O. The molecule has 1 unspecified atom stereocenters. The largest absolute Gasteiger partial charge is 0.351 e. The van der Waals surface area contributed by atoms with Gasteiger partial charge in [0.05, 0.1) is 16.2 Å². The molecule has 2 aromatic heterocycles. The van der Waals surface area contributed by atoms with Crippen LogP contribution in [0.2, 0.25) is 5.02 Å². The fraction of sp³-hybridized carbons (Fsp3) is 0.276. The van der Waals surface area contributed by atoms with Gasteiger partial charge in [0.25, 0.3) is 0 Å². The Labute approximate surface area is 215 Å². The number of benzene rings is 2. The zero-order valence-electron chi connectivity index (χ0n) is 20.6. The molecule has 0 spiro atoms. The standard InChI is InChI=1S/C29H28ClFN4O/c1-17(2)19-8-4-5-9-20(19)26-25(16-36)33-29(35-13-12-32-15-18(35)3)22-14-23(30)27(34-28(22)26)21-10-6-7-11-24(21)31/h4-11,14,16-18,32H,12-13,15H2,1-3H3. The van der Waals surface area contributed by atoms with Crippen LogP contribution in [0.5, 0.6) is 0 Å². The number of nitrogens with one attached hydrogen (secondary N) is 1. The molecule has 3 heterocycles. The van der Waals surface area contributed by atoms with E-state index in [2.05, 4.69) is 37.1 Å². The van der Waals surface area contributed by atoms with Crippen LogP contribution in [-0.2, 0) is 0 Å². The first-order chi connectivity index (χ1) is 17.4. The average molecular weight is 503 g/mol. The number of nitrogens with zero attached hydrogens (tertiary/aromatic N) is 3. The molecule has 36 heavy (non-hydrogen) atoms. The summed E-state index contributed by atoms with van der Waals surface area (Å²) in [5, 5.41) is 4.47. The molecule has 1 fully saturated rings. The second kappa shape index (κ2) is 9.96. The van der Waals surface area contributed by atoms with Gasteiger partial charge in [-0.2, -0.15) is 0 Å². The van der Waals surface area contributed by atoms with Crippen LogP contribution in [0.15, 0.2) is 54.6 Å². The number of carbonyl (C=O) groups excluding carboxylic acids is 1. The highest BCUT2D eigenvalue weighted by atomic mass is 35.5. The Kier molecular flexibility index (Phi) is 6.73. The van der Waals surface area contributed by atoms with Gasteiger partial charge in [0.2, 0.25) is 0 Å². The third-order valence-corrected chi connectivity index (χ3v) is 7.09. The van der Waals surface area contributed by atoms with Gasteiger partial charge < -0.3 is 10.2 Å². The van der Waals surface area contributed by atoms with Gasteiger partial charge in [-0.15, -0.1) is 0 Å². The van der Waals surface area contributed by atoms with E-state index in [9.17, 15) is 9.18 Å². The molecule has 0 amide bonds. The van der Waals surface area contributed by atoms with Crippen molar-refractivity contribution >= 4 is 34.6 Å². The fourth-order valence-corrected chi connectivity index (χ4v) is 5.25. The summed E-state index contributed by atoms with van der Waals surface area (Å²) in [5.41, 5.74) is 4.17. The molecule has 1 saturated heterocycles. The zero-order chi connectivity index (χ0) is 25.4. The highest BCUT2D eigenvalue weighted by Crippen LogP contribution is 2.41. The monoisotopic (exact) mass is 502 g/mol. The lowest BCUT2D eigenvalue weighted by atomic mass is 9.90. The van der Waals surface area contributed by atoms with Crippen molar-refractivity contribution in [3.8, 4) is 22.4 Å². The lowest BCUT2D eigenvalue weighted by Gasteiger charge is -2.36. The van der Waals surface area contributed by atoms with Crippen LogP contribution in [0.25, 0.3) is 33.3 Å². The Hall–Kier alpha value is -3.35. The molecule has 0 radical (unpaired) electrons. The van der Waals surface area contributed by atoms with Crippen molar-refractivity contribution in [3.63, 3.8) is 0 Å². The van der Waals surface area contributed by atoms with E-state index in [-0.39, 0.29) is 12.0 Å². The van der Waals surface area contributed by atoms with Crippen LogP contribution >= 0.6 is 11.6 Å². The summed E-state index contributed by atoms with van der Waals surface area (Å²) < 4.78 is 14.8. The Bertz CT molecular complexity index is 1460. The van der Waals surface area contributed by atoms with Crippen molar-refractivity contribution in [2.75, 3.05) is 24.5 Å². The van der Waals surface area contributed by atoms with Gasteiger partial charge >= 0.3 is 0 Å². The second-order valence-corrected chi connectivity index (χ2v) is 9.90. The van der Waals surface area contributed by atoms with E-state index in [4.69, 9.17) is 21.6 Å². The molecule has 0 bridgehead atoms. The van der Waals surface area contributed by atoms with Crippen molar-refractivity contribution in [1.82, 2.24) is 15.3 Å². The van der Waals surface area contributed by atoms with E-state index in [0.717, 1.165) is 42.4 Å². The van der Waals surface area contributed by atoms with Crippen LogP contribution in [0.1, 0.15) is 42.7 Å². The van der Waals surface area contributed by atoms with Crippen LogP contribution in [0.3, 0.4) is 0 Å². The predicted octanol–water partition coefficient (Wildman–Crippen LogP) is 6.49. The Morgan fingerprint density at radius 1 is 1.11 bits per heavy atom. The first-order valence-electron chi connectivity index (χ1n) is 12.2. The number of rotatable bonds is 5. The molecule has 1 N–H and O–H groups in total. The van der Waals surface area contributed by atoms with Crippen molar-refractivity contribution in [2.45, 2.75) is 32.7 Å². The minimum atomic E-state index is -0.406. The van der Waals surface area contributed by atoms with E-state index >= 15 is 0 Å². The van der Waals surface area contributed by atoms with Gasteiger partial charge in [-0.3, -0.25) is 4.79 Å². The number of anilines is 1. The maximum atomic E-state index is 14.8. The van der Waals surface area contributed by atoms with E-state index in [1.807, 2.05) is 24.3 Å². The number of pyridine rings is 2. The van der Waals surface area contributed by atoms with Gasteiger partial charge in [-0.1, -0.05) is 61.8 Å². The lowest BCUT2D eigenvalue weighted by Crippen LogP contribution is -2.50. The minimum Gasteiger partial charge on any atom is -0.351 e. The first kappa shape index (κ1) is 24.3. The number of hydrogen-bond donors (Lipinski definition) is 1. The van der Waals surface area contributed by atoms with Crippen LogP contribution in [0.4, 0.5) is 10.2 Å². The second-order valence-electron chi connectivity index (χ2n) is 9.50. The topological polar surface area (TPSA) is 58.1 Å².